The minimum absolute atomic E-state index is 0.753. The summed E-state index contributed by atoms with van der Waals surface area (Å²) in [5, 5.41) is 0. The Morgan fingerprint density at radius 2 is 1.56 bits per heavy atom. The van der Waals surface area contributed by atoms with Crippen molar-refractivity contribution >= 4 is 5.69 Å². The second kappa shape index (κ2) is 4.31. The highest BCUT2D eigenvalue weighted by molar-refractivity contribution is 5.39. The van der Waals surface area contributed by atoms with Gasteiger partial charge in [-0.05, 0) is 37.6 Å². The highest BCUT2D eigenvalue weighted by atomic mass is 14.9. The highest BCUT2D eigenvalue weighted by Gasteiger charge is 2.01. The normalized spacial score (nSPS) is 10.4. The van der Waals surface area contributed by atoms with Crippen LogP contribution in [0.2, 0.25) is 0 Å². The molecule has 16 heavy (non-hydrogen) atoms. The van der Waals surface area contributed by atoms with Crippen LogP contribution >= 0.6 is 0 Å². The summed E-state index contributed by atoms with van der Waals surface area (Å²) in [6.07, 6.45) is 0.753. The van der Waals surface area contributed by atoms with Gasteiger partial charge in [-0.25, -0.2) is 9.97 Å². The van der Waals surface area contributed by atoms with E-state index in [9.17, 15) is 0 Å². The third-order valence-electron chi connectivity index (χ3n) is 2.37. The Balaban J connectivity index is 2.23. The summed E-state index contributed by atoms with van der Waals surface area (Å²) >= 11 is 0. The van der Waals surface area contributed by atoms with Crippen molar-refractivity contribution in [2.45, 2.75) is 20.3 Å². The van der Waals surface area contributed by atoms with E-state index in [1.54, 1.807) is 0 Å². The lowest BCUT2D eigenvalue weighted by atomic mass is 10.1. The van der Waals surface area contributed by atoms with Crippen LogP contribution in [0, 0.1) is 13.8 Å². The van der Waals surface area contributed by atoms with Crippen LogP contribution in [0.5, 0.6) is 0 Å². The van der Waals surface area contributed by atoms with Crippen molar-refractivity contribution < 1.29 is 0 Å². The summed E-state index contributed by atoms with van der Waals surface area (Å²) < 4.78 is 0. The van der Waals surface area contributed by atoms with Gasteiger partial charge in [0.1, 0.15) is 5.82 Å². The van der Waals surface area contributed by atoms with Gasteiger partial charge in [0, 0.05) is 23.5 Å². The highest BCUT2D eigenvalue weighted by Crippen LogP contribution is 2.10. The summed E-state index contributed by atoms with van der Waals surface area (Å²) in [7, 11) is 0. The first-order chi connectivity index (χ1) is 7.63. The molecule has 0 spiro atoms. The Morgan fingerprint density at radius 3 is 2.12 bits per heavy atom. The molecule has 2 rings (SSSR count). The largest absolute Gasteiger partial charge is 0.399 e. The molecule has 0 aliphatic carbocycles. The lowest BCUT2D eigenvalue weighted by molar-refractivity contribution is 0.918. The second-order valence-corrected chi connectivity index (χ2v) is 3.99. The molecule has 0 atom stereocenters. The molecule has 0 saturated carbocycles. The molecule has 0 aliphatic rings. The Hall–Kier alpha value is -1.90. The SMILES string of the molecule is Cc1cc(C)nc(Cc2ccc(N)cc2)n1. The van der Waals surface area contributed by atoms with Crippen LogP contribution in [-0.4, -0.2) is 9.97 Å². The van der Waals surface area contributed by atoms with Crippen molar-refractivity contribution in [1.29, 1.82) is 0 Å². The second-order valence-electron chi connectivity index (χ2n) is 3.99. The number of rotatable bonds is 2. The molecule has 0 amide bonds. The lowest BCUT2D eigenvalue weighted by Crippen LogP contribution is -2.00. The van der Waals surface area contributed by atoms with Crippen LogP contribution in [0.25, 0.3) is 0 Å². The van der Waals surface area contributed by atoms with Crippen molar-refractivity contribution in [3.8, 4) is 0 Å². The molecule has 3 heteroatoms. The van der Waals surface area contributed by atoms with E-state index in [1.165, 1.54) is 5.56 Å². The summed E-state index contributed by atoms with van der Waals surface area (Å²) in [5.74, 6) is 0.863. The molecule has 3 nitrogen and oxygen atoms in total. The fraction of sp³-hybridized carbons (Fsp3) is 0.231. The predicted molar refractivity (Wildman–Crippen MR) is 65.2 cm³/mol. The number of nitrogen functional groups attached to an aromatic ring is 1. The number of nitrogens with two attached hydrogens (primary N) is 1. The number of hydrogen-bond donors (Lipinski definition) is 1. The number of aromatic nitrogens is 2. The summed E-state index contributed by atoms with van der Waals surface area (Å²) in [5.41, 5.74) is 9.62. The summed E-state index contributed by atoms with van der Waals surface area (Å²) in [6.45, 7) is 3.97. The zero-order valence-electron chi connectivity index (χ0n) is 9.57. The van der Waals surface area contributed by atoms with Crippen molar-refractivity contribution in [3.05, 3.63) is 53.1 Å². The van der Waals surface area contributed by atoms with E-state index in [4.69, 9.17) is 5.73 Å². The molecule has 0 radical (unpaired) electrons. The van der Waals surface area contributed by atoms with Crippen molar-refractivity contribution in [1.82, 2.24) is 9.97 Å². The van der Waals surface area contributed by atoms with Crippen LogP contribution in [0.15, 0.2) is 30.3 Å². The predicted octanol–water partition coefficient (Wildman–Crippen LogP) is 2.27. The van der Waals surface area contributed by atoms with Crippen LogP contribution < -0.4 is 5.73 Å². The van der Waals surface area contributed by atoms with E-state index in [0.717, 1.165) is 29.3 Å². The Labute approximate surface area is 95.4 Å². The molecule has 0 saturated heterocycles. The van der Waals surface area contributed by atoms with E-state index in [2.05, 4.69) is 9.97 Å². The lowest BCUT2D eigenvalue weighted by Gasteiger charge is -2.03. The first kappa shape index (κ1) is 10.6. The van der Waals surface area contributed by atoms with E-state index in [-0.39, 0.29) is 0 Å². The molecule has 0 aliphatic heterocycles. The quantitative estimate of drug-likeness (QED) is 0.778. The zero-order valence-corrected chi connectivity index (χ0v) is 9.57. The molecule has 1 heterocycles. The molecule has 2 aromatic rings. The van der Waals surface area contributed by atoms with Crippen LogP contribution in [-0.2, 0) is 6.42 Å². The van der Waals surface area contributed by atoms with Gasteiger partial charge in [-0.2, -0.15) is 0 Å². The minimum Gasteiger partial charge on any atom is -0.399 e. The minimum atomic E-state index is 0.753. The van der Waals surface area contributed by atoms with Crippen molar-refractivity contribution in [2.24, 2.45) is 0 Å². The maximum atomic E-state index is 5.64. The first-order valence-corrected chi connectivity index (χ1v) is 5.29. The number of anilines is 1. The van der Waals surface area contributed by atoms with Gasteiger partial charge >= 0.3 is 0 Å². The fourth-order valence-electron chi connectivity index (χ4n) is 1.70. The smallest absolute Gasteiger partial charge is 0.133 e. The fourth-order valence-corrected chi connectivity index (χ4v) is 1.70. The van der Waals surface area contributed by atoms with E-state index in [0.29, 0.717) is 0 Å². The van der Waals surface area contributed by atoms with E-state index in [1.807, 2.05) is 44.2 Å². The van der Waals surface area contributed by atoms with Crippen LogP contribution in [0.3, 0.4) is 0 Å². The van der Waals surface area contributed by atoms with Gasteiger partial charge in [-0.3, -0.25) is 0 Å². The third-order valence-corrected chi connectivity index (χ3v) is 2.37. The first-order valence-electron chi connectivity index (χ1n) is 5.29. The van der Waals surface area contributed by atoms with Gasteiger partial charge in [0.2, 0.25) is 0 Å². The van der Waals surface area contributed by atoms with Gasteiger partial charge in [0.25, 0.3) is 0 Å². The molecule has 2 N–H and O–H groups in total. The maximum absolute atomic E-state index is 5.64. The summed E-state index contributed by atoms with van der Waals surface area (Å²) in [4.78, 5) is 8.82. The molecule has 0 fully saturated rings. The molecule has 0 bridgehead atoms. The Kier molecular flexibility index (Phi) is 2.86. The third kappa shape index (κ3) is 2.57. The van der Waals surface area contributed by atoms with Crippen LogP contribution in [0.1, 0.15) is 22.8 Å². The number of nitrogens with zero attached hydrogens (tertiary/aromatic N) is 2. The average Bonchev–Trinajstić information content (AvgIpc) is 2.20. The van der Waals surface area contributed by atoms with Gasteiger partial charge in [-0.15, -0.1) is 0 Å². The topological polar surface area (TPSA) is 51.8 Å². The zero-order chi connectivity index (χ0) is 11.5. The maximum Gasteiger partial charge on any atom is 0.133 e. The van der Waals surface area contributed by atoms with Gasteiger partial charge in [-0.1, -0.05) is 12.1 Å². The molecular weight excluding hydrogens is 198 g/mol. The Bertz CT molecular complexity index is 469. The van der Waals surface area contributed by atoms with Gasteiger partial charge in [0.15, 0.2) is 0 Å². The van der Waals surface area contributed by atoms with Crippen molar-refractivity contribution in [2.75, 3.05) is 5.73 Å². The van der Waals surface area contributed by atoms with E-state index >= 15 is 0 Å². The number of hydrogen-bond acceptors (Lipinski definition) is 3. The molecule has 82 valence electrons. The van der Waals surface area contributed by atoms with Crippen LogP contribution in [0.4, 0.5) is 5.69 Å². The monoisotopic (exact) mass is 213 g/mol. The molecular formula is C13H15N3. The average molecular weight is 213 g/mol. The van der Waals surface area contributed by atoms with Gasteiger partial charge < -0.3 is 5.73 Å². The molecule has 0 unspecified atom stereocenters. The molecule has 1 aromatic heterocycles. The van der Waals surface area contributed by atoms with E-state index < -0.39 is 0 Å². The molecule has 1 aromatic carbocycles. The summed E-state index contributed by atoms with van der Waals surface area (Å²) in [6, 6.07) is 9.80. The number of aryl methyl sites for hydroxylation is 2. The van der Waals surface area contributed by atoms with Crippen molar-refractivity contribution in [3.63, 3.8) is 0 Å². The Morgan fingerprint density at radius 1 is 1.00 bits per heavy atom. The standard InChI is InChI=1S/C13H15N3/c1-9-7-10(2)16-13(15-9)8-11-3-5-12(14)6-4-11/h3-7H,8,14H2,1-2H3. The number of benzene rings is 1. The van der Waals surface area contributed by atoms with Gasteiger partial charge in [0.05, 0.1) is 0 Å².